The van der Waals surface area contributed by atoms with Crippen LogP contribution >= 0.6 is 0 Å². The largest absolute Gasteiger partial charge is 0.476 e. The van der Waals surface area contributed by atoms with E-state index in [1.165, 1.54) is 10.9 Å². The molecule has 2 rings (SSSR count). The highest BCUT2D eigenvalue weighted by atomic mass is 16.4. The van der Waals surface area contributed by atoms with Gasteiger partial charge in [-0.3, -0.25) is 0 Å². The van der Waals surface area contributed by atoms with E-state index in [1.807, 2.05) is 0 Å². The number of hydrogen-bond acceptors (Lipinski definition) is 4. The smallest absolute Gasteiger partial charge is 0.358 e. The normalized spacial score (nSPS) is 19.0. The molecule has 0 aromatic carbocycles. The molecule has 116 valence electrons. The van der Waals surface area contributed by atoms with Gasteiger partial charge >= 0.3 is 12.0 Å². The van der Waals surface area contributed by atoms with Crippen LogP contribution < -0.4 is 10.6 Å². The molecule has 0 spiro atoms. The summed E-state index contributed by atoms with van der Waals surface area (Å²) in [5.74, 6) is -1.12. The van der Waals surface area contributed by atoms with E-state index in [2.05, 4.69) is 48.6 Å². The Balaban J connectivity index is 1.74. The molecule has 0 aliphatic heterocycles. The molecule has 1 aromatic rings. The standard InChI is InChI=1S/C13H21N5O3/c1-12(2)10(13(12,3)4)15-11(21)14-5-6-18-7-8(9(19)20)16-17-18/h7,10H,5-6H2,1-4H3,(H,19,20)(H2,14,15,21). The van der Waals surface area contributed by atoms with Crippen molar-refractivity contribution in [2.45, 2.75) is 40.3 Å². The van der Waals surface area contributed by atoms with Gasteiger partial charge in [0.05, 0.1) is 12.7 Å². The second kappa shape index (κ2) is 5.01. The van der Waals surface area contributed by atoms with Crippen molar-refractivity contribution in [3.63, 3.8) is 0 Å². The van der Waals surface area contributed by atoms with Crippen LogP contribution in [0.15, 0.2) is 6.20 Å². The number of urea groups is 1. The maximum atomic E-state index is 11.8. The zero-order valence-electron chi connectivity index (χ0n) is 12.7. The van der Waals surface area contributed by atoms with Gasteiger partial charge < -0.3 is 15.7 Å². The number of nitrogens with zero attached hydrogens (tertiary/aromatic N) is 3. The maximum Gasteiger partial charge on any atom is 0.358 e. The molecular formula is C13H21N5O3. The third-order valence-corrected chi connectivity index (χ3v) is 4.68. The minimum absolute atomic E-state index is 0.0899. The quantitative estimate of drug-likeness (QED) is 0.741. The fraction of sp³-hybridized carbons (Fsp3) is 0.692. The minimum Gasteiger partial charge on any atom is -0.476 e. The van der Waals surface area contributed by atoms with Crippen LogP contribution in [-0.4, -0.2) is 44.7 Å². The van der Waals surface area contributed by atoms with E-state index in [0.29, 0.717) is 13.1 Å². The number of rotatable bonds is 5. The van der Waals surface area contributed by atoms with Crippen LogP contribution in [0.5, 0.6) is 0 Å². The number of aromatic nitrogens is 3. The van der Waals surface area contributed by atoms with Gasteiger partial charge in [0.15, 0.2) is 5.69 Å². The Morgan fingerprint density at radius 1 is 1.33 bits per heavy atom. The minimum atomic E-state index is -1.12. The van der Waals surface area contributed by atoms with Gasteiger partial charge in [0.2, 0.25) is 0 Å². The first-order chi connectivity index (χ1) is 9.66. The molecular weight excluding hydrogens is 274 g/mol. The van der Waals surface area contributed by atoms with Gasteiger partial charge in [-0.05, 0) is 10.8 Å². The molecule has 0 atom stereocenters. The predicted octanol–water partition coefficient (Wildman–Crippen LogP) is 0.710. The van der Waals surface area contributed by atoms with Crippen molar-refractivity contribution >= 4 is 12.0 Å². The highest BCUT2D eigenvalue weighted by Gasteiger charge is 2.65. The Labute approximate surface area is 122 Å². The molecule has 1 aromatic heterocycles. The van der Waals surface area contributed by atoms with Crippen LogP contribution in [0, 0.1) is 10.8 Å². The van der Waals surface area contributed by atoms with E-state index in [0.717, 1.165) is 0 Å². The SMILES string of the molecule is CC1(C)C(NC(=O)NCCn2cc(C(=O)O)nn2)C1(C)C. The number of carbonyl (C=O) groups is 2. The van der Waals surface area contributed by atoms with Crippen LogP contribution in [0.4, 0.5) is 4.79 Å². The number of amides is 2. The van der Waals surface area contributed by atoms with E-state index in [4.69, 9.17) is 5.11 Å². The first-order valence-corrected chi connectivity index (χ1v) is 6.84. The topological polar surface area (TPSA) is 109 Å². The van der Waals surface area contributed by atoms with Gasteiger partial charge in [-0.1, -0.05) is 32.9 Å². The Morgan fingerprint density at radius 2 is 1.95 bits per heavy atom. The summed E-state index contributed by atoms with van der Waals surface area (Å²) in [7, 11) is 0. The molecule has 21 heavy (non-hydrogen) atoms. The number of carboxylic acid groups (broad SMARTS) is 1. The summed E-state index contributed by atoms with van der Waals surface area (Å²) in [6.07, 6.45) is 1.33. The number of carbonyl (C=O) groups excluding carboxylic acids is 1. The molecule has 1 saturated carbocycles. The van der Waals surface area contributed by atoms with Crippen LogP contribution in [-0.2, 0) is 6.54 Å². The second-order valence-electron chi connectivity index (χ2n) is 6.45. The summed E-state index contributed by atoms with van der Waals surface area (Å²) in [4.78, 5) is 22.5. The summed E-state index contributed by atoms with van der Waals surface area (Å²) in [6.45, 7) is 9.22. The lowest BCUT2D eigenvalue weighted by atomic mass is 10.0. The summed E-state index contributed by atoms with van der Waals surface area (Å²) >= 11 is 0. The fourth-order valence-corrected chi connectivity index (χ4v) is 2.53. The van der Waals surface area contributed by atoms with Gasteiger partial charge in [0, 0.05) is 12.6 Å². The van der Waals surface area contributed by atoms with Crippen molar-refractivity contribution < 1.29 is 14.7 Å². The Bertz CT molecular complexity index is 550. The lowest BCUT2D eigenvalue weighted by Crippen LogP contribution is -2.40. The molecule has 1 aliphatic carbocycles. The van der Waals surface area contributed by atoms with Crippen LogP contribution in [0.3, 0.4) is 0 Å². The lowest BCUT2D eigenvalue weighted by molar-refractivity contribution is 0.0690. The number of nitrogens with one attached hydrogen (secondary N) is 2. The van der Waals surface area contributed by atoms with E-state index in [1.54, 1.807) is 0 Å². The average Bonchev–Trinajstić information content (AvgIpc) is 2.76. The summed E-state index contributed by atoms with van der Waals surface area (Å²) in [5.41, 5.74) is 0.0696. The molecule has 0 radical (unpaired) electrons. The maximum absolute atomic E-state index is 11.8. The third kappa shape index (κ3) is 2.84. The van der Waals surface area contributed by atoms with Gasteiger partial charge in [-0.2, -0.15) is 0 Å². The van der Waals surface area contributed by atoms with Crippen LogP contribution in [0.25, 0.3) is 0 Å². The number of hydrogen-bond donors (Lipinski definition) is 3. The van der Waals surface area contributed by atoms with Gasteiger partial charge in [0.25, 0.3) is 0 Å². The van der Waals surface area contributed by atoms with Crippen molar-refractivity contribution in [3.05, 3.63) is 11.9 Å². The first kappa shape index (κ1) is 15.3. The van der Waals surface area contributed by atoms with E-state index in [-0.39, 0.29) is 28.6 Å². The zero-order valence-corrected chi connectivity index (χ0v) is 12.7. The summed E-state index contributed by atoms with van der Waals surface area (Å²) in [6, 6.07) is -0.0767. The van der Waals surface area contributed by atoms with E-state index < -0.39 is 5.97 Å². The molecule has 1 heterocycles. The zero-order chi connectivity index (χ0) is 15.8. The van der Waals surface area contributed by atoms with Crippen molar-refractivity contribution in [1.29, 1.82) is 0 Å². The van der Waals surface area contributed by atoms with Crippen LogP contribution in [0.2, 0.25) is 0 Å². The van der Waals surface area contributed by atoms with Gasteiger partial charge in [0.1, 0.15) is 0 Å². The molecule has 0 saturated heterocycles. The second-order valence-corrected chi connectivity index (χ2v) is 6.45. The van der Waals surface area contributed by atoms with Crippen molar-refractivity contribution in [2.24, 2.45) is 10.8 Å². The molecule has 3 N–H and O–H groups in total. The predicted molar refractivity (Wildman–Crippen MR) is 74.9 cm³/mol. The molecule has 8 nitrogen and oxygen atoms in total. The first-order valence-electron chi connectivity index (χ1n) is 6.84. The lowest BCUT2D eigenvalue weighted by Gasteiger charge is -2.08. The third-order valence-electron chi connectivity index (χ3n) is 4.68. The van der Waals surface area contributed by atoms with Gasteiger partial charge in [-0.15, -0.1) is 5.10 Å². The number of aromatic carboxylic acids is 1. The molecule has 2 amide bonds. The van der Waals surface area contributed by atoms with Gasteiger partial charge in [-0.25, -0.2) is 14.3 Å². The van der Waals surface area contributed by atoms with Crippen molar-refractivity contribution in [3.8, 4) is 0 Å². The van der Waals surface area contributed by atoms with Crippen molar-refractivity contribution in [1.82, 2.24) is 25.6 Å². The highest BCUT2D eigenvalue weighted by molar-refractivity contribution is 5.84. The summed E-state index contributed by atoms with van der Waals surface area (Å²) < 4.78 is 1.38. The molecule has 1 aliphatic rings. The van der Waals surface area contributed by atoms with Crippen LogP contribution in [0.1, 0.15) is 38.2 Å². The van der Waals surface area contributed by atoms with Crippen molar-refractivity contribution in [2.75, 3.05) is 6.54 Å². The number of carboxylic acids is 1. The Morgan fingerprint density at radius 3 is 2.43 bits per heavy atom. The summed E-state index contributed by atoms with van der Waals surface area (Å²) in [5, 5.41) is 21.6. The Kier molecular flexibility index (Phi) is 3.65. The molecule has 1 fully saturated rings. The molecule has 0 bridgehead atoms. The van der Waals surface area contributed by atoms with E-state index >= 15 is 0 Å². The average molecular weight is 295 g/mol. The fourth-order valence-electron chi connectivity index (χ4n) is 2.53. The highest BCUT2D eigenvalue weighted by Crippen LogP contribution is 2.62. The van der Waals surface area contributed by atoms with E-state index in [9.17, 15) is 9.59 Å². The Hall–Kier alpha value is -2.12. The molecule has 8 heteroatoms. The molecule has 0 unspecified atom stereocenters. The monoisotopic (exact) mass is 295 g/mol.